The molecule has 1 unspecified atom stereocenters. The third-order valence-corrected chi connectivity index (χ3v) is 2.84. The Hall–Kier alpha value is -1.85. The number of nitrogens with one attached hydrogen (secondary N) is 1. The van der Waals surface area contributed by atoms with Gasteiger partial charge in [-0.3, -0.25) is 4.79 Å². The quantitative estimate of drug-likeness (QED) is 0.728. The molecule has 0 saturated carbocycles. The number of aliphatic carboxylic acids is 1. The molecule has 0 aliphatic heterocycles. The van der Waals surface area contributed by atoms with Crippen LogP contribution in [-0.4, -0.2) is 33.7 Å². The Morgan fingerprint density at radius 2 is 2.05 bits per heavy atom. The van der Waals surface area contributed by atoms with Gasteiger partial charge in [0.15, 0.2) is 0 Å². The Balaban J connectivity index is 2.59. The molecule has 0 aliphatic carbocycles. The molecule has 0 saturated heterocycles. The van der Waals surface area contributed by atoms with Gasteiger partial charge in [0.25, 0.3) is 0 Å². The second kappa shape index (κ2) is 8.44. The molecule has 0 spiro atoms. The Kier molecular flexibility index (Phi) is 6.91. The van der Waals surface area contributed by atoms with E-state index in [4.69, 9.17) is 9.84 Å². The van der Waals surface area contributed by atoms with Crippen molar-refractivity contribution < 1.29 is 14.6 Å². The van der Waals surface area contributed by atoms with E-state index in [-0.39, 0.29) is 18.4 Å². The zero-order valence-corrected chi connectivity index (χ0v) is 13.2. The van der Waals surface area contributed by atoms with Crippen molar-refractivity contribution in [2.24, 2.45) is 11.8 Å². The van der Waals surface area contributed by atoms with Gasteiger partial charge in [-0.05, 0) is 32.1 Å². The van der Waals surface area contributed by atoms with E-state index >= 15 is 0 Å². The van der Waals surface area contributed by atoms with Gasteiger partial charge in [-0.15, -0.1) is 0 Å². The van der Waals surface area contributed by atoms with Gasteiger partial charge >= 0.3 is 5.97 Å². The van der Waals surface area contributed by atoms with Crippen molar-refractivity contribution in [3.8, 4) is 5.88 Å². The Labute approximate surface area is 126 Å². The van der Waals surface area contributed by atoms with E-state index in [0.717, 1.165) is 6.42 Å². The second-order valence-electron chi connectivity index (χ2n) is 5.88. The number of ether oxygens (including phenoxy) is 1. The van der Waals surface area contributed by atoms with Crippen LogP contribution in [0.4, 0.5) is 5.82 Å². The lowest BCUT2D eigenvalue weighted by Gasteiger charge is -2.18. The van der Waals surface area contributed by atoms with Crippen LogP contribution in [0.2, 0.25) is 0 Å². The van der Waals surface area contributed by atoms with E-state index in [1.807, 2.05) is 13.8 Å². The van der Waals surface area contributed by atoms with E-state index in [0.29, 0.717) is 24.2 Å². The number of hydrogen-bond donors (Lipinski definition) is 2. The fraction of sp³-hybridized carbons (Fsp3) is 0.667. The number of carboxylic acid groups (broad SMARTS) is 1. The van der Waals surface area contributed by atoms with Crippen molar-refractivity contribution >= 4 is 11.8 Å². The first-order valence-corrected chi connectivity index (χ1v) is 7.31. The summed E-state index contributed by atoms with van der Waals surface area (Å²) in [5, 5.41) is 12.1. The van der Waals surface area contributed by atoms with Crippen molar-refractivity contribution in [1.29, 1.82) is 0 Å². The number of aromatic nitrogens is 2. The highest BCUT2D eigenvalue weighted by atomic mass is 16.5. The minimum Gasteiger partial charge on any atom is -0.481 e. The van der Waals surface area contributed by atoms with Crippen LogP contribution in [-0.2, 0) is 4.79 Å². The molecule has 1 aromatic rings. The van der Waals surface area contributed by atoms with E-state index < -0.39 is 5.97 Å². The normalized spacial score (nSPS) is 12.5. The van der Waals surface area contributed by atoms with Gasteiger partial charge in [0.05, 0.1) is 6.10 Å². The van der Waals surface area contributed by atoms with Crippen LogP contribution in [0.25, 0.3) is 0 Å². The molecule has 1 aromatic heterocycles. The van der Waals surface area contributed by atoms with E-state index in [1.54, 1.807) is 6.07 Å². The zero-order valence-electron chi connectivity index (χ0n) is 13.2. The minimum atomic E-state index is -0.769. The highest BCUT2D eigenvalue weighted by molar-refractivity contribution is 5.67. The fourth-order valence-corrected chi connectivity index (χ4v) is 2.14. The molecule has 1 atom stereocenters. The smallest absolute Gasteiger partial charge is 0.303 e. The van der Waals surface area contributed by atoms with Crippen molar-refractivity contribution in [2.45, 2.75) is 46.6 Å². The third-order valence-electron chi connectivity index (χ3n) is 2.84. The van der Waals surface area contributed by atoms with Crippen LogP contribution in [0.1, 0.15) is 40.5 Å². The lowest BCUT2D eigenvalue weighted by atomic mass is 9.94. The first-order valence-electron chi connectivity index (χ1n) is 7.31. The molecule has 6 heteroatoms. The summed E-state index contributed by atoms with van der Waals surface area (Å²) < 4.78 is 5.51. The maximum absolute atomic E-state index is 10.9. The molecule has 0 radical (unpaired) electrons. The van der Waals surface area contributed by atoms with Crippen molar-refractivity contribution in [1.82, 2.24) is 9.97 Å². The summed E-state index contributed by atoms with van der Waals surface area (Å²) in [7, 11) is 0. The average Bonchev–Trinajstić information content (AvgIpc) is 2.34. The molecule has 1 heterocycles. The summed E-state index contributed by atoms with van der Waals surface area (Å²) in [4.78, 5) is 19.1. The van der Waals surface area contributed by atoms with Gasteiger partial charge in [-0.2, -0.15) is 0 Å². The lowest BCUT2D eigenvalue weighted by molar-refractivity contribution is -0.138. The van der Waals surface area contributed by atoms with E-state index in [1.165, 1.54) is 6.33 Å². The average molecular weight is 295 g/mol. The van der Waals surface area contributed by atoms with Gasteiger partial charge in [-0.1, -0.05) is 13.8 Å². The SMILES string of the molecule is CC(C)CC(CNc1cc(OC(C)C)ncn1)CC(=O)O. The second-order valence-corrected chi connectivity index (χ2v) is 5.88. The highest BCUT2D eigenvalue weighted by Crippen LogP contribution is 2.18. The van der Waals surface area contributed by atoms with Crippen molar-refractivity contribution in [2.75, 3.05) is 11.9 Å². The Bertz CT molecular complexity index is 450. The number of hydrogen-bond acceptors (Lipinski definition) is 5. The van der Waals surface area contributed by atoms with Crippen LogP contribution in [0.15, 0.2) is 12.4 Å². The molecule has 2 N–H and O–H groups in total. The fourth-order valence-electron chi connectivity index (χ4n) is 2.14. The maximum Gasteiger partial charge on any atom is 0.303 e. The van der Waals surface area contributed by atoms with Gasteiger partial charge in [0.2, 0.25) is 5.88 Å². The Morgan fingerprint density at radius 3 is 2.62 bits per heavy atom. The first kappa shape index (κ1) is 17.2. The minimum absolute atomic E-state index is 0.0495. The van der Waals surface area contributed by atoms with Gasteiger partial charge in [0, 0.05) is 19.0 Å². The zero-order chi connectivity index (χ0) is 15.8. The molecule has 118 valence electrons. The van der Waals surface area contributed by atoms with Crippen molar-refractivity contribution in [3.05, 3.63) is 12.4 Å². The number of carbonyl (C=O) groups is 1. The van der Waals surface area contributed by atoms with Crippen LogP contribution in [0.3, 0.4) is 0 Å². The summed E-state index contributed by atoms with van der Waals surface area (Å²) in [5.74, 6) is 0.934. The topological polar surface area (TPSA) is 84.3 Å². The number of nitrogens with zero attached hydrogens (tertiary/aromatic N) is 2. The lowest BCUT2D eigenvalue weighted by Crippen LogP contribution is -2.20. The van der Waals surface area contributed by atoms with Crippen LogP contribution in [0.5, 0.6) is 5.88 Å². The monoisotopic (exact) mass is 295 g/mol. The first-order chi connectivity index (χ1) is 9.86. The van der Waals surface area contributed by atoms with E-state index in [2.05, 4.69) is 29.1 Å². The van der Waals surface area contributed by atoms with E-state index in [9.17, 15) is 4.79 Å². The summed E-state index contributed by atoms with van der Waals surface area (Å²) >= 11 is 0. The summed E-state index contributed by atoms with van der Waals surface area (Å²) in [6.45, 7) is 8.62. The third kappa shape index (κ3) is 7.48. The molecular weight excluding hydrogens is 270 g/mol. The predicted molar refractivity (Wildman–Crippen MR) is 81.5 cm³/mol. The number of anilines is 1. The molecule has 0 fully saturated rings. The largest absolute Gasteiger partial charge is 0.481 e. The van der Waals surface area contributed by atoms with Crippen LogP contribution in [0, 0.1) is 11.8 Å². The van der Waals surface area contributed by atoms with Gasteiger partial charge < -0.3 is 15.2 Å². The molecule has 0 bridgehead atoms. The Morgan fingerprint density at radius 1 is 1.33 bits per heavy atom. The molecule has 0 amide bonds. The molecule has 0 aliphatic rings. The maximum atomic E-state index is 10.9. The molecular formula is C15H25N3O3. The highest BCUT2D eigenvalue weighted by Gasteiger charge is 2.15. The molecule has 1 rings (SSSR count). The van der Waals surface area contributed by atoms with Crippen LogP contribution < -0.4 is 10.1 Å². The number of carboxylic acids is 1. The van der Waals surface area contributed by atoms with Gasteiger partial charge in [-0.25, -0.2) is 9.97 Å². The predicted octanol–water partition coefficient (Wildman–Crippen LogP) is 2.81. The molecule has 0 aromatic carbocycles. The molecule has 21 heavy (non-hydrogen) atoms. The summed E-state index contributed by atoms with van der Waals surface area (Å²) in [6, 6.07) is 1.73. The number of rotatable bonds is 9. The van der Waals surface area contributed by atoms with Gasteiger partial charge in [0.1, 0.15) is 12.1 Å². The van der Waals surface area contributed by atoms with Crippen molar-refractivity contribution in [3.63, 3.8) is 0 Å². The van der Waals surface area contributed by atoms with Crippen LogP contribution >= 0.6 is 0 Å². The standard InChI is InChI=1S/C15H25N3O3/c1-10(2)5-12(6-15(19)20)8-16-13-7-14(18-9-17-13)21-11(3)4/h7,9-12H,5-6,8H2,1-4H3,(H,19,20)(H,16,17,18). The summed E-state index contributed by atoms with van der Waals surface area (Å²) in [5.41, 5.74) is 0. The molecule has 6 nitrogen and oxygen atoms in total. The summed E-state index contributed by atoms with van der Waals surface area (Å²) in [6.07, 6.45) is 2.51.